The van der Waals surface area contributed by atoms with Gasteiger partial charge in [-0.05, 0) is 29.7 Å². The van der Waals surface area contributed by atoms with Crippen LogP contribution < -0.4 is 16.6 Å². The Morgan fingerprint density at radius 2 is 2.26 bits per heavy atom. The van der Waals surface area contributed by atoms with Gasteiger partial charge in [-0.15, -0.1) is 11.3 Å². The number of carbonyl (C=O) groups excluding carboxylic acids is 1. The fraction of sp³-hybridized carbons (Fsp3) is 0.133. The molecule has 0 aromatic carbocycles. The number of nitrogens with one attached hydrogen (secondary N) is 2. The summed E-state index contributed by atoms with van der Waals surface area (Å²) in [4.78, 5) is 38.4. The van der Waals surface area contributed by atoms with Crippen LogP contribution in [-0.2, 0) is 11.3 Å². The van der Waals surface area contributed by atoms with Crippen LogP contribution in [0.25, 0.3) is 16.3 Å². The molecular weight excluding hydrogens is 318 g/mol. The lowest BCUT2D eigenvalue weighted by Gasteiger charge is -2.05. The number of amides is 1. The molecule has 0 aliphatic carbocycles. The molecule has 118 valence electrons. The lowest BCUT2D eigenvalue weighted by molar-refractivity contribution is -0.116. The number of fused-ring (bicyclic) bond motifs is 1. The molecule has 0 spiro atoms. The van der Waals surface area contributed by atoms with Crippen molar-refractivity contribution in [1.29, 1.82) is 0 Å². The fourth-order valence-electron chi connectivity index (χ4n) is 2.07. The number of thiophene rings is 1. The van der Waals surface area contributed by atoms with Crippen molar-refractivity contribution >= 4 is 33.5 Å². The Kier molecular flexibility index (Phi) is 4.24. The van der Waals surface area contributed by atoms with Gasteiger partial charge in [-0.25, -0.2) is 4.79 Å². The first-order chi connectivity index (χ1) is 11.1. The van der Waals surface area contributed by atoms with Crippen LogP contribution in [0.5, 0.6) is 0 Å². The molecular formula is C15H13N3O4S. The summed E-state index contributed by atoms with van der Waals surface area (Å²) in [5, 5.41) is 4.36. The summed E-state index contributed by atoms with van der Waals surface area (Å²) in [6.45, 7) is 0.267. The Hall–Kier alpha value is -2.87. The monoisotopic (exact) mass is 331 g/mol. The fourth-order valence-corrected chi connectivity index (χ4v) is 2.86. The first-order valence-electron chi connectivity index (χ1n) is 6.85. The van der Waals surface area contributed by atoms with E-state index < -0.39 is 5.69 Å². The number of hydrogen-bond donors (Lipinski definition) is 2. The van der Waals surface area contributed by atoms with Gasteiger partial charge in [0.1, 0.15) is 10.5 Å². The third-order valence-electron chi connectivity index (χ3n) is 3.17. The average molecular weight is 331 g/mol. The van der Waals surface area contributed by atoms with E-state index in [0.717, 1.165) is 4.57 Å². The highest BCUT2D eigenvalue weighted by Crippen LogP contribution is 2.11. The largest absolute Gasteiger partial charge is 0.465 e. The van der Waals surface area contributed by atoms with Crippen molar-refractivity contribution in [3.05, 3.63) is 62.5 Å². The molecule has 0 saturated carbocycles. The molecule has 0 atom stereocenters. The molecule has 0 aliphatic rings. The molecule has 0 aliphatic heterocycles. The molecule has 8 heteroatoms. The molecule has 3 heterocycles. The van der Waals surface area contributed by atoms with Crippen molar-refractivity contribution in [3.63, 3.8) is 0 Å². The normalized spacial score (nSPS) is 11.3. The molecule has 2 N–H and O–H groups in total. The number of aromatic amines is 1. The number of aromatic nitrogens is 2. The second kappa shape index (κ2) is 6.49. The SMILES string of the molecule is O=C(/C=C/c1ccco1)NCCn1c(=O)[nH]c2ccsc2c1=O. The molecule has 3 aromatic rings. The van der Waals surface area contributed by atoms with E-state index in [0.29, 0.717) is 16.0 Å². The van der Waals surface area contributed by atoms with E-state index in [-0.39, 0.29) is 24.6 Å². The number of carbonyl (C=O) groups is 1. The molecule has 1 amide bonds. The van der Waals surface area contributed by atoms with Crippen LogP contribution in [0.1, 0.15) is 5.76 Å². The Morgan fingerprint density at radius 1 is 1.39 bits per heavy atom. The summed E-state index contributed by atoms with van der Waals surface area (Å²) < 4.78 is 6.64. The minimum absolute atomic E-state index is 0.0995. The summed E-state index contributed by atoms with van der Waals surface area (Å²) in [7, 11) is 0. The molecule has 0 fully saturated rings. The van der Waals surface area contributed by atoms with E-state index in [1.54, 1.807) is 23.6 Å². The van der Waals surface area contributed by atoms with Gasteiger partial charge < -0.3 is 14.7 Å². The van der Waals surface area contributed by atoms with Gasteiger partial charge in [0.25, 0.3) is 5.56 Å². The number of nitrogens with zero attached hydrogens (tertiary/aromatic N) is 1. The van der Waals surface area contributed by atoms with Crippen LogP contribution in [0.4, 0.5) is 0 Å². The van der Waals surface area contributed by atoms with Crippen molar-refractivity contribution in [2.75, 3.05) is 6.54 Å². The second-order valence-electron chi connectivity index (χ2n) is 4.69. The summed E-state index contributed by atoms with van der Waals surface area (Å²) >= 11 is 1.27. The van der Waals surface area contributed by atoms with Crippen molar-refractivity contribution in [3.8, 4) is 0 Å². The van der Waals surface area contributed by atoms with E-state index in [1.807, 2.05) is 0 Å². The van der Waals surface area contributed by atoms with Crippen molar-refractivity contribution in [2.24, 2.45) is 0 Å². The predicted octanol–water partition coefficient (Wildman–Crippen LogP) is 1.17. The summed E-state index contributed by atoms with van der Waals surface area (Å²) in [5.41, 5.74) is -0.299. The number of hydrogen-bond acceptors (Lipinski definition) is 5. The molecule has 3 rings (SSSR count). The standard InChI is InChI=1S/C15H13N3O4S/c19-12(4-3-10-2-1-8-22-10)16-6-7-18-14(20)13-11(5-9-23-13)17-15(18)21/h1-5,8-9H,6-7H2,(H,16,19)(H,17,21)/b4-3+. The summed E-state index contributed by atoms with van der Waals surface area (Å²) in [5.74, 6) is 0.235. The van der Waals surface area contributed by atoms with E-state index in [9.17, 15) is 14.4 Å². The van der Waals surface area contributed by atoms with Gasteiger partial charge in [-0.3, -0.25) is 14.2 Å². The van der Waals surface area contributed by atoms with E-state index >= 15 is 0 Å². The van der Waals surface area contributed by atoms with Crippen LogP contribution in [0.2, 0.25) is 0 Å². The second-order valence-corrected chi connectivity index (χ2v) is 5.61. The Morgan fingerprint density at radius 3 is 3.04 bits per heavy atom. The highest BCUT2D eigenvalue weighted by molar-refractivity contribution is 7.17. The van der Waals surface area contributed by atoms with Crippen LogP contribution in [-0.4, -0.2) is 22.0 Å². The molecule has 3 aromatic heterocycles. The minimum Gasteiger partial charge on any atom is -0.465 e. The van der Waals surface area contributed by atoms with Gasteiger partial charge in [0.05, 0.1) is 11.8 Å². The third kappa shape index (κ3) is 3.32. The predicted molar refractivity (Wildman–Crippen MR) is 87.5 cm³/mol. The Bertz CT molecular complexity index is 963. The maximum Gasteiger partial charge on any atom is 0.328 e. The molecule has 0 radical (unpaired) electrons. The zero-order valence-corrected chi connectivity index (χ0v) is 12.8. The number of rotatable bonds is 5. The van der Waals surface area contributed by atoms with E-state index in [4.69, 9.17) is 4.42 Å². The number of furan rings is 1. The summed E-state index contributed by atoms with van der Waals surface area (Å²) in [6.07, 6.45) is 4.37. The van der Waals surface area contributed by atoms with Crippen molar-refractivity contribution in [1.82, 2.24) is 14.9 Å². The average Bonchev–Trinajstić information content (AvgIpc) is 3.19. The van der Waals surface area contributed by atoms with Crippen LogP contribution in [0.3, 0.4) is 0 Å². The molecule has 0 unspecified atom stereocenters. The molecule has 0 saturated heterocycles. The maximum atomic E-state index is 12.2. The van der Waals surface area contributed by atoms with Crippen LogP contribution in [0, 0.1) is 0 Å². The third-order valence-corrected chi connectivity index (χ3v) is 4.07. The maximum absolute atomic E-state index is 12.2. The minimum atomic E-state index is -0.485. The summed E-state index contributed by atoms with van der Waals surface area (Å²) in [6, 6.07) is 5.13. The quantitative estimate of drug-likeness (QED) is 0.686. The van der Waals surface area contributed by atoms with Gasteiger partial charge in [0, 0.05) is 19.2 Å². The highest BCUT2D eigenvalue weighted by atomic mass is 32.1. The Balaban J connectivity index is 1.64. The smallest absolute Gasteiger partial charge is 0.328 e. The first kappa shape index (κ1) is 15.0. The van der Waals surface area contributed by atoms with Crippen molar-refractivity contribution < 1.29 is 9.21 Å². The van der Waals surface area contributed by atoms with E-state index in [2.05, 4.69) is 10.3 Å². The van der Waals surface area contributed by atoms with Gasteiger partial charge in [0.2, 0.25) is 5.91 Å². The van der Waals surface area contributed by atoms with E-state index in [1.165, 1.54) is 29.8 Å². The molecule has 0 bridgehead atoms. The lowest BCUT2D eigenvalue weighted by atomic mass is 10.4. The Labute approximate surface area is 133 Å². The topological polar surface area (TPSA) is 97.1 Å². The lowest BCUT2D eigenvalue weighted by Crippen LogP contribution is -2.38. The van der Waals surface area contributed by atoms with Crippen LogP contribution >= 0.6 is 11.3 Å². The highest BCUT2D eigenvalue weighted by Gasteiger charge is 2.08. The van der Waals surface area contributed by atoms with Gasteiger partial charge in [-0.1, -0.05) is 0 Å². The zero-order valence-electron chi connectivity index (χ0n) is 11.9. The van der Waals surface area contributed by atoms with Crippen LogP contribution in [0.15, 0.2) is 49.9 Å². The number of H-pyrrole nitrogens is 1. The van der Waals surface area contributed by atoms with Gasteiger partial charge in [0.15, 0.2) is 0 Å². The molecule has 7 nitrogen and oxygen atoms in total. The van der Waals surface area contributed by atoms with Gasteiger partial charge in [-0.2, -0.15) is 0 Å². The molecule has 23 heavy (non-hydrogen) atoms. The zero-order chi connectivity index (χ0) is 16.2. The van der Waals surface area contributed by atoms with Gasteiger partial charge >= 0.3 is 5.69 Å². The van der Waals surface area contributed by atoms with Crippen molar-refractivity contribution in [2.45, 2.75) is 6.54 Å². The first-order valence-corrected chi connectivity index (χ1v) is 7.73.